The number of carbonyl (C=O) groups is 1. The Bertz CT molecular complexity index is 432. The Morgan fingerprint density at radius 2 is 1.75 bits per heavy atom. The zero-order valence-corrected chi connectivity index (χ0v) is 12.3. The van der Waals surface area contributed by atoms with Gasteiger partial charge in [-0.1, -0.05) is 56.0 Å². The van der Waals surface area contributed by atoms with E-state index in [1.54, 1.807) is 0 Å². The molecule has 2 heteroatoms. The molecule has 2 aliphatic rings. The Labute approximate surface area is 122 Å². The molecule has 0 N–H and O–H groups in total. The summed E-state index contributed by atoms with van der Waals surface area (Å²) in [7, 11) is 0. The summed E-state index contributed by atoms with van der Waals surface area (Å²) >= 11 is 0. The van der Waals surface area contributed by atoms with Crippen LogP contribution in [0.15, 0.2) is 30.3 Å². The third-order valence-electron chi connectivity index (χ3n) is 4.74. The molecular formula is C18H25NO. The second kappa shape index (κ2) is 6.43. The van der Waals surface area contributed by atoms with E-state index in [1.807, 2.05) is 6.07 Å². The SMILES string of the molecule is O=C(CCC1CCCC1)N(Cc1ccccc1)C1CC1. The molecule has 2 aliphatic carbocycles. The van der Waals surface area contributed by atoms with Crippen LogP contribution in [0.5, 0.6) is 0 Å². The summed E-state index contributed by atoms with van der Waals surface area (Å²) in [6.07, 6.45) is 9.68. The van der Waals surface area contributed by atoms with Gasteiger partial charge in [-0.2, -0.15) is 0 Å². The van der Waals surface area contributed by atoms with Crippen LogP contribution in [0, 0.1) is 5.92 Å². The quantitative estimate of drug-likeness (QED) is 0.761. The standard InChI is InChI=1S/C18H25NO/c20-18(13-10-15-6-4-5-7-15)19(17-11-12-17)14-16-8-2-1-3-9-16/h1-3,8-9,15,17H,4-7,10-14H2. The molecular weight excluding hydrogens is 246 g/mol. The first-order chi connectivity index (χ1) is 9.83. The van der Waals surface area contributed by atoms with Crippen LogP contribution in [0.25, 0.3) is 0 Å². The molecule has 2 fully saturated rings. The highest BCUT2D eigenvalue weighted by Gasteiger charge is 2.32. The highest BCUT2D eigenvalue weighted by atomic mass is 16.2. The van der Waals surface area contributed by atoms with Crippen LogP contribution in [0.2, 0.25) is 0 Å². The largest absolute Gasteiger partial charge is 0.335 e. The molecule has 0 unspecified atom stereocenters. The van der Waals surface area contributed by atoms with Gasteiger partial charge in [0.25, 0.3) is 0 Å². The lowest BCUT2D eigenvalue weighted by Crippen LogP contribution is -2.32. The van der Waals surface area contributed by atoms with E-state index in [9.17, 15) is 4.79 Å². The fourth-order valence-corrected chi connectivity index (χ4v) is 3.36. The summed E-state index contributed by atoms with van der Waals surface area (Å²) < 4.78 is 0. The summed E-state index contributed by atoms with van der Waals surface area (Å²) in [5.74, 6) is 1.19. The van der Waals surface area contributed by atoms with Gasteiger partial charge in [0.05, 0.1) is 0 Å². The lowest BCUT2D eigenvalue weighted by molar-refractivity contribution is -0.132. The maximum absolute atomic E-state index is 12.5. The molecule has 0 aliphatic heterocycles. The molecule has 2 nitrogen and oxygen atoms in total. The van der Waals surface area contributed by atoms with E-state index >= 15 is 0 Å². The highest BCUT2D eigenvalue weighted by molar-refractivity contribution is 5.76. The number of benzene rings is 1. The van der Waals surface area contributed by atoms with E-state index in [0.717, 1.165) is 25.3 Å². The summed E-state index contributed by atoms with van der Waals surface area (Å²) in [5.41, 5.74) is 1.26. The second-order valence-corrected chi connectivity index (χ2v) is 6.43. The minimum atomic E-state index is 0.378. The summed E-state index contributed by atoms with van der Waals surface area (Å²) in [4.78, 5) is 14.6. The summed E-state index contributed by atoms with van der Waals surface area (Å²) in [5, 5.41) is 0. The van der Waals surface area contributed by atoms with Crippen LogP contribution in [-0.4, -0.2) is 16.8 Å². The molecule has 0 heterocycles. The predicted molar refractivity (Wildman–Crippen MR) is 81.2 cm³/mol. The van der Waals surface area contributed by atoms with E-state index in [1.165, 1.54) is 44.1 Å². The van der Waals surface area contributed by atoms with Gasteiger partial charge in [-0.3, -0.25) is 4.79 Å². The number of nitrogens with zero attached hydrogens (tertiary/aromatic N) is 1. The van der Waals surface area contributed by atoms with Crippen molar-refractivity contribution in [2.75, 3.05) is 0 Å². The zero-order valence-electron chi connectivity index (χ0n) is 12.3. The van der Waals surface area contributed by atoms with Crippen molar-refractivity contribution in [3.8, 4) is 0 Å². The van der Waals surface area contributed by atoms with Crippen molar-refractivity contribution in [3.63, 3.8) is 0 Å². The predicted octanol–water partition coefficient (Wildman–Crippen LogP) is 4.15. The highest BCUT2D eigenvalue weighted by Crippen LogP contribution is 2.32. The summed E-state index contributed by atoms with van der Waals surface area (Å²) in [6.45, 7) is 0.801. The first-order valence-corrected chi connectivity index (χ1v) is 8.16. The second-order valence-electron chi connectivity index (χ2n) is 6.43. The van der Waals surface area contributed by atoms with Crippen LogP contribution in [-0.2, 0) is 11.3 Å². The van der Waals surface area contributed by atoms with Crippen molar-refractivity contribution in [3.05, 3.63) is 35.9 Å². The van der Waals surface area contributed by atoms with Crippen LogP contribution in [0.3, 0.4) is 0 Å². The monoisotopic (exact) mass is 271 g/mol. The number of rotatable bonds is 6. The van der Waals surface area contributed by atoms with Gasteiger partial charge in [-0.05, 0) is 30.7 Å². The molecule has 3 rings (SSSR count). The Morgan fingerprint density at radius 3 is 2.40 bits per heavy atom. The number of amides is 1. The van der Waals surface area contributed by atoms with Crippen LogP contribution in [0.4, 0.5) is 0 Å². The van der Waals surface area contributed by atoms with E-state index in [-0.39, 0.29) is 0 Å². The van der Waals surface area contributed by atoms with Gasteiger partial charge in [0.1, 0.15) is 0 Å². The van der Waals surface area contributed by atoms with E-state index < -0.39 is 0 Å². The first-order valence-electron chi connectivity index (χ1n) is 8.16. The van der Waals surface area contributed by atoms with Crippen molar-refractivity contribution >= 4 is 5.91 Å². The Morgan fingerprint density at radius 1 is 1.05 bits per heavy atom. The maximum atomic E-state index is 12.5. The number of carbonyl (C=O) groups excluding carboxylic acids is 1. The van der Waals surface area contributed by atoms with Crippen molar-refractivity contribution in [1.82, 2.24) is 4.90 Å². The topological polar surface area (TPSA) is 20.3 Å². The molecule has 0 radical (unpaired) electrons. The fraction of sp³-hybridized carbons (Fsp3) is 0.611. The molecule has 0 atom stereocenters. The Kier molecular flexibility index (Phi) is 4.39. The Balaban J connectivity index is 1.54. The first kappa shape index (κ1) is 13.7. The molecule has 1 aromatic rings. The zero-order chi connectivity index (χ0) is 13.8. The van der Waals surface area contributed by atoms with Gasteiger partial charge in [-0.25, -0.2) is 0 Å². The Hall–Kier alpha value is -1.31. The van der Waals surface area contributed by atoms with Crippen molar-refractivity contribution in [2.24, 2.45) is 5.92 Å². The number of hydrogen-bond acceptors (Lipinski definition) is 1. The average molecular weight is 271 g/mol. The maximum Gasteiger partial charge on any atom is 0.223 e. The average Bonchev–Trinajstić information content (AvgIpc) is 3.19. The van der Waals surface area contributed by atoms with E-state index in [4.69, 9.17) is 0 Å². The van der Waals surface area contributed by atoms with Crippen molar-refractivity contribution < 1.29 is 4.79 Å². The summed E-state index contributed by atoms with van der Waals surface area (Å²) in [6, 6.07) is 10.9. The molecule has 0 spiro atoms. The van der Waals surface area contributed by atoms with Gasteiger partial charge in [0, 0.05) is 19.0 Å². The fourth-order valence-electron chi connectivity index (χ4n) is 3.36. The van der Waals surface area contributed by atoms with Gasteiger partial charge in [-0.15, -0.1) is 0 Å². The minimum Gasteiger partial charge on any atom is -0.335 e. The van der Waals surface area contributed by atoms with E-state index in [0.29, 0.717) is 11.9 Å². The van der Waals surface area contributed by atoms with Crippen LogP contribution >= 0.6 is 0 Å². The number of hydrogen-bond donors (Lipinski definition) is 0. The molecule has 1 aromatic carbocycles. The molecule has 20 heavy (non-hydrogen) atoms. The molecule has 1 amide bonds. The third kappa shape index (κ3) is 3.62. The molecule has 0 aromatic heterocycles. The lowest BCUT2D eigenvalue weighted by atomic mass is 10.0. The van der Waals surface area contributed by atoms with Gasteiger partial charge in [0.15, 0.2) is 0 Å². The van der Waals surface area contributed by atoms with Gasteiger partial charge in [0.2, 0.25) is 5.91 Å². The smallest absolute Gasteiger partial charge is 0.223 e. The molecule has 0 saturated heterocycles. The minimum absolute atomic E-state index is 0.378. The van der Waals surface area contributed by atoms with Crippen LogP contribution < -0.4 is 0 Å². The molecule has 0 bridgehead atoms. The normalized spacial score (nSPS) is 19.2. The lowest BCUT2D eigenvalue weighted by Gasteiger charge is -2.23. The van der Waals surface area contributed by atoms with Gasteiger partial charge < -0.3 is 4.90 Å². The van der Waals surface area contributed by atoms with Gasteiger partial charge >= 0.3 is 0 Å². The molecule has 2 saturated carbocycles. The van der Waals surface area contributed by atoms with Crippen molar-refractivity contribution in [2.45, 2.75) is 64.0 Å². The van der Waals surface area contributed by atoms with E-state index in [2.05, 4.69) is 29.2 Å². The molecule has 108 valence electrons. The van der Waals surface area contributed by atoms with Crippen molar-refractivity contribution in [1.29, 1.82) is 0 Å². The third-order valence-corrected chi connectivity index (χ3v) is 4.74. The van der Waals surface area contributed by atoms with Crippen LogP contribution in [0.1, 0.15) is 56.9 Å².